The van der Waals surface area contributed by atoms with Gasteiger partial charge in [0.1, 0.15) is 5.75 Å². The third kappa shape index (κ3) is 3.34. The summed E-state index contributed by atoms with van der Waals surface area (Å²) in [6, 6.07) is 4.39. The average molecular weight is 441 g/mol. The van der Waals surface area contributed by atoms with E-state index in [-0.39, 0.29) is 45.9 Å². The molecule has 3 aliphatic rings. The number of phenolic OH excluding ortho intramolecular Hbond substituents is 1. The number of hydrogen-bond acceptors (Lipinski definition) is 3. The first-order chi connectivity index (χ1) is 14.8. The fourth-order valence-electron chi connectivity index (χ4n) is 6.71. The smallest absolute Gasteiger partial charge is 0.225 e. The lowest BCUT2D eigenvalue weighted by Crippen LogP contribution is -2.65. The van der Waals surface area contributed by atoms with Crippen molar-refractivity contribution in [2.24, 2.45) is 23.0 Å². The van der Waals surface area contributed by atoms with Gasteiger partial charge in [0, 0.05) is 29.8 Å². The van der Waals surface area contributed by atoms with Gasteiger partial charge < -0.3 is 15.7 Å². The van der Waals surface area contributed by atoms with Crippen LogP contribution in [0.5, 0.6) is 5.75 Å². The van der Waals surface area contributed by atoms with Crippen molar-refractivity contribution in [3.05, 3.63) is 28.8 Å². The number of nitrogens with zero attached hydrogens (tertiary/aromatic N) is 1. The van der Waals surface area contributed by atoms with E-state index >= 15 is 0 Å². The lowest BCUT2D eigenvalue weighted by molar-refractivity contribution is -0.150. The SMILES string of the molecule is CC(C)(C)c1ccc2c(c1O)C[C@@H]1N(C(=O)C3CCC(C(N)=O)CC3)CC[C@]2(C)C1(C)C. The van der Waals surface area contributed by atoms with Crippen molar-refractivity contribution in [1.29, 1.82) is 0 Å². The molecule has 3 N–H and O–H groups in total. The minimum Gasteiger partial charge on any atom is -0.507 e. The molecular formula is C27H40N2O3. The number of phenols is 1. The van der Waals surface area contributed by atoms with Crippen LogP contribution in [0.2, 0.25) is 0 Å². The van der Waals surface area contributed by atoms with Crippen LogP contribution in [-0.4, -0.2) is 34.4 Å². The van der Waals surface area contributed by atoms with Crippen LogP contribution in [0.25, 0.3) is 0 Å². The summed E-state index contributed by atoms with van der Waals surface area (Å²) in [5.41, 5.74) is 8.40. The van der Waals surface area contributed by atoms with Gasteiger partial charge in [0.15, 0.2) is 0 Å². The number of amides is 2. The number of nitrogens with two attached hydrogens (primary N) is 1. The molecule has 32 heavy (non-hydrogen) atoms. The molecule has 5 heteroatoms. The molecule has 176 valence electrons. The van der Waals surface area contributed by atoms with Crippen molar-refractivity contribution in [2.75, 3.05) is 6.54 Å². The van der Waals surface area contributed by atoms with Crippen molar-refractivity contribution < 1.29 is 14.7 Å². The number of benzene rings is 1. The maximum atomic E-state index is 13.7. The minimum atomic E-state index is -0.236. The Morgan fingerprint density at radius 3 is 2.22 bits per heavy atom. The van der Waals surface area contributed by atoms with Crippen molar-refractivity contribution in [1.82, 2.24) is 4.90 Å². The van der Waals surface area contributed by atoms with Crippen LogP contribution in [0.1, 0.15) is 90.3 Å². The van der Waals surface area contributed by atoms with Gasteiger partial charge in [-0.1, -0.05) is 53.7 Å². The topological polar surface area (TPSA) is 83.6 Å². The summed E-state index contributed by atoms with van der Waals surface area (Å²) in [5.74, 6) is 0.289. The van der Waals surface area contributed by atoms with Crippen molar-refractivity contribution in [2.45, 2.75) is 96.9 Å². The number of piperidine rings is 1. The summed E-state index contributed by atoms with van der Waals surface area (Å²) in [4.78, 5) is 27.4. The molecule has 0 unspecified atom stereocenters. The van der Waals surface area contributed by atoms with Crippen molar-refractivity contribution in [3.63, 3.8) is 0 Å². The monoisotopic (exact) mass is 440 g/mol. The second-order valence-electron chi connectivity index (χ2n) is 12.2. The molecular weight excluding hydrogens is 400 g/mol. The van der Waals surface area contributed by atoms with Gasteiger partial charge in [-0.15, -0.1) is 0 Å². The molecule has 1 aliphatic heterocycles. The van der Waals surface area contributed by atoms with Crippen LogP contribution in [-0.2, 0) is 26.8 Å². The second-order valence-corrected chi connectivity index (χ2v) is 12.2. The highest BCUT2D eigenvalue weighted by atomic mass is 16.3. The average Bonchev–Trinajstić information content (AvgIpc) is 2.70. The van der Waals surface area contributed by atoms with Crippen LogP contribution in [0, 0.1) is 17.3 Å². The molecule has 5 nitrogen and oxygen atoms in total. The molecule has 1 aromatic rings. The first-order valence-electron chi connectivity index (χ1n) is 12.2. The highest BCUT2D eigenvalue weighted by molar-refractivity contribution is 5.81. The zero-order valence-electron chi connectivity index (χ0n) is 20.6. The Hall–Kier alpha value is -2.04. The maximum Gasteiger partial charge on any atom is 0.225 e. The Morgan fingerprint density at radius 2 is 1.66 bits per heavy atom. The van der Waals surface area contributed by atoms with Gasteiger partial charge in [-0.25, -0.2) is 0 Å². The van der Waals surface area contributed by atoms with E-state index in [2.05, 4.69) is 58.6 Å². The molecule has 1 saturated heterocycles. The predicted octanol–water partition coefficient (Wildman–Crippen LogP) is 4.42. The molecule has 2 fully saturated rings. The van der Waals surface area contributed by atoms with E-state index in [0.717, 1.165) is 36.9 Å². The molecule has 0 spiro atoms. The van der Waals surface area contributed by atoms with Crippen LogP contribution in [0.15, 0.2) is 12.1 Å². The highest BCUT2D eigenvalue weighted by Crippen LogP contribution is 2.58. The van der Waals surface area contributed by atoms with Crippen molar-refractivity contribution in [3.8, 4) is 5.75 Å². The number of fused-ring (bicyclic) bond motifs is 4. The van der Waals surface area contributed by atoms with E-state index in [4.69, 9.17) is 5.73 Å². The van der Waals surface area contributed by atoms with Gasteiger partial charge in [-0.05, 0) is 66.0 Å². The normalized spacial score (nSPS) is 31.7. The zero-order chi connectivity index (χ0) is 23.6. The fraction of sp³-hybridized carbons (Fsp3) is 0.704. The molecule has 4 rings (SSSR count). The van der Waals surface area contributed by atoms with Crippen LogP contribution in [0.4, 0.5) is 0 Å². The molecule has 0 aromatic heterocycles. The number of aromatic hydroxyl groups is 1. The summed E-state index contributed by atoms with van der Waals surface area (Å²) in [5, 5.41) is 11.3. The largest absolute Gasteiger partial charge is 0.507 e. The van der Waals surface area contributed by atoms with Gasteiger partial charge >= 0.3 is 0 Å². The molecule has 2 bridgehead atoms. The molecule has 1 heterocycles. The lowest BCUT2D eigenvalue weighted by Gasteiger charge is -2.61. The first-order valence-corrected chi connectivity index (χ1v) is 12.2. The quantitative estimate of drug-likeness (QED) is 0.714. The zero-order valence-corrected chi connectivity index (χ0v) is 20.6. The summed E-state index contributed by atoms with van der Waals surface area (Å²) < 4.78 is 0. The minimum absolute atomic E-state index is 0.0262. The Morgan fingerprint density at radius 1 is 1.06 bits per heavy atom. The van der Waals surface area contributed by atoms with E-state index < -0.39 is 0 Å². The number of carbonyl (C=O) groups is 2. The third-order valence-electron chi connectivity index (χ3n) is 9.33. The van der Waals surface area contributed by atoms with Crippen molar-refractivity contribution >= 4 is 11.8 Å². The number of primary amides is 1. The van der Waals surface area contributed by atoms with E-state index in [1.54, 1.807) is 0 Å². The number of hydrogen-bond donors (Lipinski definition) is 2. The highest BCUT2D eigenvalue weighted by Gasteiger charge is 2.58. The van der Waals surface area contributed by atoms with Gasteiger partial charge in [-0.2, -0.15) is 0 Å². The maximum absolute atomic E-state index is 13.7. The van der Waals surface area contributed by atoms with Crippen LogP contribution >= 0.6 is 0 Å². The lowest BCUT2D eigenvalue weighted by atomic mass is 9.50. The fourth-order valence-corrected chi connectivity index (χ4v) is 6.71. The van der Waals surface area contributed by atoms with Gasteiger partial charge in [0.2, 0.25) is 11.8 Å². The van der Waals surface area contributed by atoms with E-state index in [9.17, 15) is 14.7 Å². The van der Waals surface area contributed by atoms with Crippen LogP contribution in [0.3, 0.4) is 0 Å². The Bertz CT molecular complexity index is 937. The molecule has 2 amide bonds. The molecule has 2 atom stereocenters. The van der Waals surface area contributed by atoms with E-state index in [1.807, 2.05) is 0 Å². The Labute approximate surface area is 192 Å². The van der Waals surface area contributed by atoms with Gasteiger partial charge in [0.05, 0.1) is 0 Å². The molecule has 1 saturated carbocycles. The Balaban J connectivity index is 1.67. The first kappa shape index (κ1) is 23.1. The number of likely N-dealkylation sites (tertiary alicyclic amines) is 1. The van der Waals surface area contributed by atoms with E-state index in [1.165, 1.54) is 5.56 Å². The second kappa shape index (κ2) is 7.50. The summed E-state index contributed by atoms with van der Waals surface area (Å²) in [6.45, 7) is 14.0. The summed E-state index contributed by atoms with van der Waals surface area (Å²) in [6.07, 6.45) is 4.48. The molecule has 0 radical (unpaired) electrons. The van der Waals surface area contributed by atoms with Gasteiger partial charge in [0.25, 0.3) is 0 Å². The predicted molar refractivity (Wildman–Crippen MR) is 126 cm³/mol. The summed E-state index contributed by atoms with van der Waals surface area (Å²) >= 11 is 0. The van der Waals surface area contributed by atoms with Gasteiger partial charge in [-0.3, -0.25) is 9.59 Å². The number of carbonyl (C=O) groups excluding carboxylic acids is 2. The van der Waals surface area contributed by atoms with E-state index in [0.29, 0.717) is 25.0 Å². The molecule has 2 aliphatic carbocycles. The molecule has 1 aromatic carbocycles. The standard InChI is InChI=1S/C27H40N2O3/c1-25(2,3)20-12-11-19-18(22(20)30)15-21-26(4,5)27(19,6)13-14-29(21)24(32)17-9-7-16(8-10-17)23(28)31/h11-12,16-17,21,30H,7-10,13-15H2,1-6H3,(H2,28,31)/t16?,17?,21-,27-/m0/s1. The Kier molecular flexibility index (Phi) is 5.42. The summed E-state index contributed by atoms with van der Waals surface area (Å²) in [7, 11) is 0. The third-order valence-corrected chi connectivity index (χ3v) is 9.33. The van der Waals surface area contributed by atoms with Crippen LogP contribution < -0.4 is 5.73 Å². The number of rotatable bonds is 2.